The number of hydrogen-bond acceptors (Lipinski definition) is 8. The summed E-state index contributed by atoms with van der Waals surface area (Å²) in [5, 5.41) is 4.05. The van der Waals surface area contributed by atoms with E-state index in [0.29, 0.717) is 29.7 Å². The van der Waals surface area contributed by atoms with Gasteiger partial charge in [-0.1, -0.05) is 5.16 Å². The lowest BCUT2D eigenvalue weighted by Gasteiger charge is -2.46. The van der Waals surface area contributed by atoms with E-state index in [0.717, 1.165) is 57.4 Å². The van der Waals surface area contributed by atoms with Gasteiger partial charge in [-0.3, -0.25) is 14.8 Å². The highest BCUT2D eigenvalue weighted by Crippen LogP contribution is 2.39. The minimum Gasteiger partial charge on any atom is -0.375 e. The first-order valence-electron chi connectivity index (χ1n) is 11.1. The van der Waals surface area contributed by atoms with Crippen LogP contribution in [0.1, 0.15) is 37.1 Å². The predicted octanol–water partition coefficient (Wildman–Crippen LogP) is 2.49. The molecule has 1 spiro atoms. The Hall–Kier alpha value is -3.20. The van der Waals surface area contributed by atoms with Crippen LogP contribution in [0.2, 0.25) is 0 Å². The normalized spacial score (nSPS) is 20.4. The Bertz CT molecular complexity index is 1030. The number of piperidine rings is 1. The lowest BCUT2D eigenvalue weighted by atomic mass is 9.78. The molecular weight excluding hydrogens is 408 g/mol. The molecule has 1 amide bonds. The van der Waals surface area contributed by atoms with E-state index in [4.69, 9.17) is 9.26 Å². The van der Waals surface area contributed by atoms with Crippen LogP contribution >= 0.6 is 0 Å². The zero-order valence-electron chi connectivity index (χ0n) is 17.9. The summed E-state index contributed by atoms with van der Waals surface area (Å²) in [5.41, 5.74) is 1.44. The second-order valence-electron chi connectivity index (χ2n) is 8.61. The molecule has 3 aromatic rings. The third-order valence-corrected chi connectivity index (χ3v) is 6.45. The maximum Gasteiger partial charge on any atom is 0.227 e. The average Bonchev–Trinajstić information content (AvgIpc) is 3.29. The molecule has 1 atom stereocenters. The van der Waals surface area contributed by atoms with Crippen molar-refractivity contribution in [1.82, 2.24) is 30.0 Å². The number of carbonyl (C=O) groups is 1. The first-order valence-corrected chi connectivity index (χ1v) is 11.1. The molecule has 0 aliphatic carbocycles. The number of nitrogens with zero attached hydrogens (tertiary/aromatic N) is 6. The number of likely N-dealkylation sites (tertiary alicyclic amines) is 1. The van der Waals surface area contributed by atoms with Crippen molar-refractivity contribution in [2.24, 2.45) is 5.92 Å². The maximum atomic E-state index is 12.7. The molecule has 9 nitrogen and oxygen atoms in total. The molecule has 166 valence electrons. The molecule has 2 fully saturated rings. The summed E-state index contributed by atoms with van der Waals surface area (Å²) >= 11 is 0. The molecule has 32 heavy (non-hydrogen) atoms. The van der Waals surface area contributed by atoms with E-state index in [1.54, 1.807) is 31.0 Å². The second kappa shape index (κ2) is 9.12. The van der Waals surface area contributed by atoms with Crippen LogP contribution < -0.4 is 0 Å². The fourth-order valence-corrected chi connectivity index (χ4v) is 4.71. The van der Waals surface area contributed by atoms with Crippen LogP contribution in [0.15, 0.2) is 47.6 Å². The summed E-state index contributed by atoms with van der Waals surface area (Å²) in [6, 6.07) is 3.79. The van der Waals surface area contributed by atoms with Crippen molar-refractivity contribution < 1.29 is 14.1 Å². The molecule has 0 bridgehead atoms. The molecule has 2 aliphatic rings. The molecule has 2 aliphatic heterocycles. The van der Waals surface area contributed by atoms with Gasteiger partial charge in [-0.15, -0.1) is 0 Å². The van der Waals surface area contributed by atoms with Crippen molar-refractivity contribution in [2.45, 2.75) is 44.1 Å². The highest BCUT2D eigenvalue weighted by atomic mass is 16.5. The smallest absolute Gasteiger partial charge is 0.227 e. The third-order valence-electron chi connectivity index (χ3n) is 6.45. The highest BCUT2D eigenvalue weighted by molar-refractivity contribution is 5.78. The summed E-state index contributed by atoms with van der Waals surface area (Å²) in [7, 11) is 0. The molecule has 0 N–H and O–H groups in total. The lowest BCUT2D eigenvalue weighted by molar-refractivity contribution is -0.146. The van der Waals surface area contributed by atoms with Crippen molar-refractivity contribution >= 4 is 5.91 Å². The van der Waals surface area contributed by atoms with Crippen molar-refractivity contribution in [3.8, 4) is 11.5 Å². The van der Waals surface area contributed by atoms with E-state index in [-0.39, 0.29) is 11.5 Å². The number of ether oxygens (including phenoxy) is 1. The predicted molar refractivity (Wildman–Crippen MR) is 114 cm³/mol. The molecule has 0 saturated carbocycles. The van der Waals surface area contributed by atoms with Gasteiger partial charge in [-0.05, 0) is 49.3 Å². The number of pyridine rings is 1. The zero-order chi connectivity index (χ0) is 21.8. The lowest BCUT2D eigenvalue weighted by Crippen LogP contribution is -2.51. The summed E-state index contributed by atoms with van der Waals surface area (Å²) in [6.07, 6.45) is 13.1. The van der Waals surface area contributed by atoms with Crippen LogP contribution in [0, 0.1) is 5.92 Å². The number of hydrogen-bond donors (Lipinski definition) is 0. The topological polar surface area (TPSA) is 107 Å². The van der Waals surface area contributed by atoms with E-state index < -0.39 is 0 Å². The molecule has 1 unspecified atom stereocenters. The minimum absolute atomic E-state index is 0.163. The third kappa shape index (κ3) is 4.67. The summed E-state index contributed by atoms with van der Waals surface area (Å²) in [5.74, 6) is 1.67. The Morgan fingerprint density at radius 3 is 2.75 bits per heavy atom. The maximum absolute atomic E-state index is 12.7. The van der Waals surface area contributed by atoms with Crippen molar-refractivity contribution in [3.63, 3.8) is 0 Å². The molecule has 2 saturated heterocycles. The number of amides is 1. The monoisotopic (exact) mass is 434 g/mol. The fraction of sp³-hybridized carbons (Fsp3) is 0.478. The minimum atomic E-state index is -0.163. The van der Waals surface area contributed by atoms with E-state index in [2.05, 4.69) is 25.1 Å². The van der Waals surface area contributed by atoms with Crippen LogP contribution in [-0.2, 0) is 22.4 Å². The van der Waals surface area contributed by atoms with Crippen LogP contribution in [0.5, 0.6) is 0 Å². The van der Waals surface area contributed by atoms with Gasteiger partial charge in [-0.2, -0.15) is 4.98 Å². The Morgan fingerprint density at radius 1 is 1.12 bits per heavy atom. The molecule has 5 rings (SSSR count). The van der Waals surface area contributed by atoms with Crippen LogP contribution in [0.3, 0.4) is 0 Å². The molecule has 5 heterocycles. The van der Waals surface area contributed by atoms with Crippen LogP contribution in [0.25, 0.3) is 11.5 Å². The van der Waals surface area contributed by atoms with E-state index in [1.165, 1.54) is 0 Å². The van der Waals surface area contributed by atoms with Gasteiger partial charge in [0.15, 0.2) is 0 Å². The largest absolute Gasteiger partial charge is 0.375 e. The first-order chi connectivity index (χ1) is 15.7. The van der Waals surface area contributed by atoms with Gasteiger partial charge in [0, 0.05) is 50.9 Å². The Morgan fingerprint density at radius 2 is 1.97 bits per heavy atom. The van der Waals surface area contributed by atoms with Crippen molar-refractivity contribution in [3.05, 3.63) is 54.6 Å². The highest BCUT2D eigenvalue weighted by Gasteiger charge is 2.41. The number of aromatic nitrogens is 5. The summed E-state index contributed by atoms with van der Waals surface area (Å²) in [6.45, 7) is 2.18. The van der Waals surface area contributed by atoms with Gasteiger partial charge < -0.3 is 14.2 Å². The molecule has 9 heteroatoms. The molecule has 0 aromatic carbocycles. The average molecular weight is 435 g/mol. The van der Waals surface area contributed by atoms with Crippen molar-refractivity contribution in [1.29, 1.82) is 0 Å². The fourth-order valence-electron chi connectivity index (χ4n) is 4.71. The van der Waals surface area contributed by atoms with Crippen LogP contribution in [-0.4, -0.2) is 61.2 Å². The van der Waals surface area contributed by atoms with Crippen molar-refractivity contribution in [2.75, 3.05) is 19.7 Å². The Kier molecular flexibility index (Phi) is 5.89. The zero-order valence-corrected chi connectivity index (χ0v) is 17.9. The summed E-state index contributed by atoms with van der Waals surface area (Å²) in [4.78, 5) is 31.4. The Balaban J connectivity index is 1.16. The second-order valence-corrected chi connectivity index (χ2v) is 8.61. The number of rotatable bonds is 5. The molecule has 3 aromatic heterocycles. The Labute approximate surface area is 186 Å². The van der Waals surface area contributed by atoms with Gasteiger partial charge >= 0.3 is 0 Å². The van der Waals surface area contributed by atoms with Gasteiger partial charge in [0.05, 0.1) is 18.2 Å². The van der Waals surface area contributed by atoms with Gasteiger partial charge in [0.1, 0.15) is 5.69 Å². The SMILES string of the molecule is O=C(Cc1ccncc1)N1CCC2(CC1)CC(Cc1nc(-c3cnccn3)no1)CCO2. The molecule has 0 radical (unpaired) electrons. The van der Waals surface area contributed by atoms with E-state index in [9.17, 15) is 4.79 Å². The first kappa shape index (κ1) is 20.7. The van der Waals surface area contributed by atoms with Gasteiger partial charge in [0.2, 0.25) is 17.6 Å². The van der Waals surface area contributed by atoms with Gasteiger partial charge in [-0.25, -0.2) is 4.98 Å². The van der Waals surface area contributed by atoms with Gasteiger partial charge in [0.25, 0.3) is 0 Å². The number of carbonyl (C=O) groups excluding carboxylic acids is 1. The van der Waals surface area contributed by atoms with E-state index >= 15 is 0 Å². The standard InChI is InChI=1S/C23H26N6O3/c30-21(14-17-1-6-24-7-2-17)29-10-4-23(5-11-29)15-18(3-12-31-23)13-20-27-22(28-32-20)19-16-25-8-9-26-19/h1-2,6-9,16,18H,3-5,10-15H2. The summed E-state index contributed by atoms with van der Waals surface area (Å²) < 4.78 is 11.7. The van der Waals surface area contributed by atoms with Crippen LogP contribution in [0.4, 0.5) is 0 Å². The van der Waals surface area contributed by atoms with E-state index in [1.807, 2.05) is 17.0 Å². The quantitative estimate of drug-likeness (QED) is 0.603. The molecular formula is C23H26N6O3.